The highest BCUT2D eigenvalue weighted by atomic mass is 35.5. The number of aliphatic carboxylic acids is 1. The van der Waals surface area contributed by atoms with Crippen LogP contribution in [0.1, 0.15) is 25.3 Å². The molecule has 0 bridgehead atoms. The topological polar surface area (TPSA) is 40.5 Å². The van der Waals surface area contributed by atoms with Crippen LogP contribution < -0.4 is 0 Å². The molecule has 0 saturated carbocycles. The molecule has 19 heavy (non-hydrogen) atoms. The first-order valence-electron chi connectivity index (χ1n) is 6.41. The largest absolute Gasteiger partial charge is 0.481 e. The predicted molar refractivity (Wildman–Crippen MR) is 77.1 cm³/mol. The summed E-state index contributed by atoms with van der Waals surface area (Å²) in [5, 5.41) is 10.5. The number of halogens is 2. The number of hydrogen-bond donors (Lipinski definition) is 1. The van der Waals surface area contributed by atoms with Gasteiger partial charge in [-0.1, -0.05) is 36.2 Å². The van der Waals surface area contributed by atoms with Crippen molar-refractivity contribution >= 4 is 29.2 Å². The third-order valence-corrected chi connectivity index (χ3v) is 4.78. The molecule has 0 spiro atoms. The van der Waals surface area contributed by atoms with Gasteiger partial charge in [0.2, 0.25) is 0 Å². The van der Waals surface area contributed by atoms with Crippen LogP contribution >= 0.6 is 23.2 Å². The summed E-state index contributed by atoms with van der Waals surface area (Å²) >= 11 is 11.9. The summed E-state index contributed by atoms with van der Waals surface area (Å²) in [5.41, 5.74) is -0.0787. The van der Waals surface area contributed by atoms with Gasteiger partial charge in [0.1, 0.15) is 0 Å². The van der Waals surface area contributed by atoms with Crippen LogP contribution in [0.25, 0.3) is 0 Å². The molecule has 104 valence electrons. The molecule has 1 aliphatic heterocycles. The molecule has 1 aromatic carbocycles. The third-order valence-electron chi connectivity index (χ3n) is 4.04. The SMILES string of the molecule is CCN1CCC(C(=O)O)(c2ccc(Cl)c(Cl)c2)CC1. The van der Waals surface area contributed by atoms with Gasteiger partial charge >= 0.3 is 5.97 Å². The minimum absolute atomic E-state index is 0.415. The van der Waals surface area contributed by atoms with Gasteiger partial charge in [-0.15, -0.1) is 0 Å². The van der Waals surface area contributed by atoms with E-state index in [0.29, 0.717) is 22.9 Å². The summed E-state index contributed by atoms with van der Waals surface area (Å²) in [7, 11) is 0. The van der Waals surface area contributed by atoms with E-state index >= 15 is 0 Å². The van der Waals surface area contributed by atoms with E-state index in [1.165, 1.54) is 0 Å². The number of carboxylic acid groups (broad SMARTS) is 1. The lowest BCUT2D eigenvalue weighted by Crippen LogP contribution is -2.47. The number of carboxylic acids is 1. The molecule has 1 aliphatic rings. The molecule has 0 aromatic heterocycles. The summed E-state index contributed by atoms with van der Waals surface area (Å²) < 4.78 is 0. The fourth-order valence-corrected chi connectivity index (χ4v) is 2.97. The summed E-state index contributed by atoms with van der Waals surface area (Å²) in [6.45, 7) is 4.64. The molecule has 1 saturated heterocycles. The summed E-state index contributed by atoms with van der Waals surface area (Å²) in [6, 6.07) is 5.15. The zero-order valence-corrected chi connectivity index (χ0v) is 12.3. The van der Waals surface area contributed by atoms with Crippen LogP contribution in [0.4, 0.5) is 0 Å². The van der Waals surface area contributed by atoms with Gasteiger partial charge in [-0.25, -0.2) is 0 Å². The van der Waals surface area contributed by atoms with Crippen molar-refractivity contribution in [3.63, 3.8) is 0 Å². The molecule has 1 aromatic rings. The van der Waals surface area contributed by atoms with E-state index in [1.54, 1.807) is 18.2 Å². The second-order valence-electron chi connectivity index (χ2n) is 4.95. The van der Waals surface area contributed by atoms with Crippen molar-refractivity contribution < 1.29 is 9.90 Å². The molecule has 0 atom stereocenters. The number of piperidine rings is 1. The van der Waals surface area contributed by atoms with Crippen molar-refractivity contribution in [2.24, 2.45) is 0 Å². The highest BCUT2D eigenvalue weighted by Gasteiger charge is 2.43. The van der Waals surface area contributed by atoms with Gasteiger partial charge in [0.25, 0.3) is 0 Å². The van der Waals surface area contributed by atoms with Crippen LogP contribution in [-0.2, 0) is 10.2 Å². The number of rotatable bonds is 3. The van der Waals surface area contributed by atoms with Gasteiger partial charge in [0, 0.05) is 0 Å². The van der Waals surface area contributed by atoms with E-state index in [1.807, 2.05) is 0 Å². The van der Waals surface area contributed by atoms with Crippen LogP contribution in [0.3, 0.4) is 0 Å². The highest BCUT2D eigenvalue weighted by molar-refractivity contribution is 6.42. The van der Waals surface area contributed by atoms with Crippen LogP contribution in [0.5, 0.6) is 0 Å². The Morgan fingerprint density at radius 1 is 1.32 bits per heavy atom. The maximum absolute atomic E-state index is 11.8. The van der Waals surface area contributed by atoms with Crippen LogP contribution in [0.2, 0.25) is 10.0 Å². The Bertz CT molecular complexity index is 482. The molecule has 0 aliphatic carbocycles. The molecule has 2 rings (SSSR count). The van der Waals surface area contributed by atoms with Crippen LogP contribution in [0, 0.1) is 0 Å². The fraction of sp³-hybridized carbons (Fsp3) is 0.500. The molecular formula is C14H17Cl2NO2. The first-order valence-corrected chi connectivity index (χ1v) is 7.16. The number of nitrogens with zero attached hydrogens (tertiary/aromatic N) is 1. The zero-order valence-electron chi connectivity index (χ0n) is 10.8. The standard InChI is InChI=1S/C14H17Cl2NO2/c1-2-17-7-5-14(6-8-17,13(18)19)10-3-4-11(15)12(16)9-10/h3-4,9H,2,5-8H2,1H3,(H,18,19). The third kappa shape index (κ3) is 2.73. The Hall–Kier alpha value is -0.770. The zero-order chi connectivity index (χ0) is 14.0. The van der Waals surface area contributed by atoms with Gasteiger partial charge in [0.05, 0.1) is 15.5 Å². The molecule has 0 radical (unpaired) electrons. The Balaban J connectivity index is 2.35. The van der Waals surface area contributed by atoms with Crippen molar-refractivity contribution in [1.29, 1.82) is 0 Å². The van der Waals surface area contributed by atoms with E-state index in [9.17, 15) is 9.90 Å². The number of likely N-dealkylation sites (tertiary alicyclic amines) is 1. The molecule has 3 nitrogen and oxygen atoms in total. The van der Waals surface area contributed by atoms with E-state index in [0.717, 1.165) is 25.2 Å². The maximum Gasteiger partial charge on any atom is 0.314 e. The fourth-order valence-electron chi connectivity index (χ4n) is 2.67. The molecule has 1 N–H and O–H groups in total. The lowest BCUT2D eigenvalue weighted by molar-refractivity contribution is -0.146. The van der Waals surface area contributed by atoms with E-state index < -0.39 is 11.4 Å². The lowest BCUT2D eigenvalue weighted by Gasteiger charge is -2.39. The van der Waals surface area contributed by atoms with Crippen molar-refractivity contribution in [1.82, 2.24) is 4.90 Å². The Morgan fingerprint density at radius 2 is 1.95 bits per heavy atom. The molecule has 1 heterocycles. The second-order valence-corrected chi connectivity index (χ2v) is 5.76. The van der Waals surface area contributed by atoms with Gasteiger partial charge in [-0.2, -0.15) is 0 Å². The van der Waals surface area contributed by atoms with Gasteiger partial charge in [-0.05, 0) is 50.2 Å². The highest BCUT2D eigenvalue weighted by Crippen LogP contribution is 2.38. The predicted octanol–water partition coefficient (Wildman–Crippen LogP) is 3.43. The minimum Gasteiger partial charge on any atom is -0.481 e. The van der Waals surface area contributed by atoms with E-state index in [-0.39, 0.29) is 0 Å². The normalized spacial score (nSPS) is 19.3. The number of hydrogen-bond acceptors (Lipinski definition) is 2. The lowest BCUT2D eigenvalue weighted by atomic mass is 9.73. The monoisotopic (exact) mass is 301 g/mol. The molecule has 1 fully saturated rings. The first kappa shape index (κ1) is 14.6. The van der Waals surface area contributed by atoms with Gasteiger partial charge in [-0.3, -0.25) is 4.79 Å². The Kier molecular flexibility index (Phi) is 4.39. The smallest absolute Gasteiger partial charge is 0.314 e. The van der Waals surface area contributed by atoms with Gasteiger partial charge in [0.15, 0.2) is 0 Å². The van der Waals surface area contributed by atoms with Crippen molar-refractivity contribution in [2.45, 2.75) is 25.2 Å². The average Bonchev–Trinajstić information content (AvgIpc) is 2.41. The van der Waals surface area contributed by atoms with Crippen molar-refractivity contribution in [3.05, 3.63) is 33.8 Å². The minimum atomic E-state index is -0.833. The van der Waals surface area contributed by atoms with E-state index in [2.05, 4.69) is 11.8 Å². The maximum atomic E-state index is 11.8. The van der Waals surface area contributed by atoms with Crippen molar-refractivity contribution in [2.75, 3.05) is 19.6 Å². The summed E-state index contributed by atoms with van der Waals surface area (Å²) in [6.07, 6.45) is 1.21. The first-order chi connectivity index (χ1) is 8.99. The second kappa shape index (κ2) is 5.70. The molecule has 5 heteroatoms. The van der Waals surface area contributed by atoms with E-state index in [4.69, 9.17) is 23.2 Å². The number of benzene rings is 1. The summed E-state index contributed by atoms with van der Waals surface area (Å²) in [5.74, 6) is -0.776. The summed E-state index contributed by atoms with van der Waals surface area (Å²) in [4.78, 5) is 14.0. The van der Waals surface area contributed by atoms with Crippen molar-refractivity contribution in [3.8, 4) is 0 Å². The molecule has 0 amide bonds. The van der Waals surface area contributed by atoms with Gasteiger partial charge < -0.3 is 10.0 Å². The molecular weight excluding hydrogens is 285 g/mol. The van der Waals surface area contributed by atoms with Crippen LogP contribution in [-0.4, -0.2) is 35.6 Å². The average molecular weight is 302 g/mol. The number of carbonyl (C=O) groups is 1. The Morgan fingerprint density at radius 3 is 2.42 bits per heavy atom. The molecule has 0 unspecified atom stereocenters. The quantitative estimate of drug-likeness (QED) is 0.930. The Labute approximate surface area is 123 Å². The van der Waals surface area contributed by atoms with Crippen LogP contribution in [0.15, 0.2) is 18.2 Å².